The SMILES string of the molecule is CCNC(=O)NCCCc1ccc2c(c1)OCO2. The summed E-state index contributed by atoms with van der Waals surface area (Å²) in [6.45, 7) is 3.51. The van der Waals surface area contributed by atoms with Crippen LogP contribution in [-0.4, -0.2) is 25.9 Å². The minimum absolute atomic E-state index is 0.108. The maximum Gasteiger partial charge on any atom is 0.314 e. The molecule has 5 nitrogen and oxygen atoms in total. The number of carbonyl (C=O) groups is 1. The Balaban J connectivity index is 1.72. The van der Waals surface area contributed by atoms with E-state index in [2.05, 4.69) is 10.6 Å². The molecule has 18 heavy (non-hydrogen) atoms. The van der Waals surface area contributed by atoms with Gasteiger partial charge in [0.15, 0.2) is 11.5 Å². The second-order valence-corrected chi connectivity index (χ2v) is 4.08. The summed E-state index contributed by atoms with van der Waals surface area (Å²) in [6.07, 6.45) is 1.81. The van der Waals surface area contributed by atoms with Gasteiger partial charge >= 0.3 is 6.03 Å². The highest BCUT2D eigenvalue weighted by molar-refractivity contribution is 5.73. The summed E-state index contributed by atoms with van der Waals surface area (Å²) in [4.78, 5) is 11.1. The van der Waals surface area contributed by atoms with Gasteiger partial charge in [0.25, 0.3) is 0 Å². The van der Waals surface area contributed by atoms with Crippen molar-refractivity contribution in [3.05, 3.63) is 23.8 Å². The molecule has 1 aromatic rings. The Hall–Kier alpha value is -1.91. The number of ether oxygens (including phenoxy) is 2. The van der Waals surface area contributed by atoms with Crippen molar-refractivity contribution < 1.29 is 14.3 Å². The molecule has 2 N–H and O–H groups in total. The van der Waals surface area contributed by atoms with Crippen LogP contribution in [0.5, 0.6) is 11.5 Å². The molecule has 1 heterocycles. The van der Waals surface area contributed by atoms with Gasteiger partial charge in [-0.05, 0) is 37.5 Å². The fourth-order valence-corrected chi connectivity index (χ4v) is 1.81. The number of aryl methyl sites for hydroxylation is 1. The Labute approximate surface area is 106 Å². The first-order valence-corrected chi connectivity index (χ1v) is 6.20. The average molecular weight is 250 g/mol. The zero-order chi connectivity index (χ0) is 12.8. The van der Waals surface area contributed by atoms with Gasteiger partial charge in [-0.3, -0.25) is 0 Å². The van der Waals surface area contributed by atoms with E-state index in [-0.39, 0.29) is 6.03 Å². The minimum Gasteiger partial charge on any atom is -0.454 e. The monoisotopic (exact) mass is 250 g/mol. The lowest BCUT2D eigenvalue weighted by Crippen LogP contribution is -2.35. The van der Waals surface area contributed by atoms with Crippen molar-refractivity contribution in [2.75, 3.05) is 19.9 Å². The summed E-state index contributed by atoms with van der Waals surface area (Å²) in [5.74, 6) is 1.61. The van der Waals surface area contributed by atoms with Crippen LogP contribution in [0.25, 0.3) is 0 Å². The van der Waals surface area contributed by atoms with Crippen molar-refractivity contribution in [2.24, 2.45) is 0 Å². The van der Waals surface area contributed by atoms with Crippen LogP contribution in [-0.2, 0) is 6.42 Å². The molecule has 0 aromatic heterocycles. The van der Waals surface area contributed by atoms with Gasteiger partial charge in [-0.2, -0.15) is 0 Å². The van der Waals surface area contributed by atoms with Crippen LogP contribution in [0.1, 0.15) is 18.9 Å². The number of rotatable bonds is 5. The van der Waals surface area contributed by atoms with Crippen LogP contribution in [0, 0.1) is 0 Å². The number of benzene rings is 1. The molecule has 0 fully saturated rings. The lowest BCUT2D eigenvalue weighted by Gasteiger charge is -2.06. The van der Waals surface area contributed by atoms with Gasteiger partial charge in [-0.25, -0.2) is 4.79 Å². The average Bonchev–Trinajstić information content (AvgIpc) is 2.82. The Morgan fingerprint density at radius 3 is 2.94 bits per heavy atom. The fraction of sp³-hybridized carbons (Fsp3) is 0.462. The minimum atomic E-state index is -0.108. The van der Waals surface area contributed by atoms with E-state index < -0.39 is 0 Å². The van der Waals surface area contributed by atoms with Crippen molar-refractivity contribution in [1.82, 2.24) is 10.6 Å². The molecule has 0 aliphatic carbocycles. The second kappa shape index (κ2) is 6.14. The van der Waals surface area contributed by atoms with Crippen LogP contribution < -0.4 is 20.1 Å². The van der Waals surface area contributed by atoms with E-state index >= 15 is 0 Å². The van der Waals surface area contributed by atoms with E-state index in [1.807, 2.05) is 25.1 Å². The van der Waals surface area contributed by atoms with Gasteiger partial charge < -0.3 is 20.1 Å². The molecule has 2 rings (SSSR count). The molecule has 0 saturated heterocycles. The van der Waals surface area contributed by atoms with E-state index in [0.29, 0.717) is 19.9 Å². The molecule has 2 amide bonds. The number of nitrogens with one attached hydrogen (secondary N) is 2. The molecule has 0 saturated carbocycles. The molecule has 1 aromatic carbocycles. The lowest BCUT2D eigenvalue weighted by molar-refractivity contribution is 0.174. The molecule has 0 atom stereocenters. The van der Waals surface area contributed by atoms with Gasteiger partial charge in [0, 0.05) is 13.1 Å². The van der Waals surface area contributed by atoms with Crippen molar-refractivity contribution in [3.63, 3.8) is 0 Å². The molecule has 98 valence electrons. The Morgan fingerprint density at radius 1 is 1.28 bits per heavy atom. The predicted molar refractivity (Wildman–Crippen MR) is 68.0 cm³/mol. The fourth-order valence-electron chi connectivity index (χ4n) is 1.81. The summed E-state index contributed by atoms with van der Waals surface area (Å²) < 4.78 is 10.6. The number of hydrogen-bond acceptors (Lipinski definition) is 3. The lowest BCUT2D eigenvalue weighted by atomic mass is 10.1. The maximum atomic E-state index is 11.1. The van der Waals surface area contributed by atoms with Crippen LogP contribution in [0.15, 0.2) is 18.2 Å². The van der Waals surface area contributed by atoms with Gasteiger partial charge in [0.2, 0.25) is 6.79 Å². The third kappa shape index (κ3) is 3.29. The van der Waals surface area contributed by atoms with Crippen molar-refractivity contribution >= 4 is 6.03 Å². The zero-order valence-electron chi connectivity index (χ0n) is 10.5. The summed E-state index contributed by atoms with van der Waals surface area (Å²) in [7, 11) is 0. The van der Waals surface area contributed by atoms with Gasteiger partial charge in [-0.15, -0.1) is 0 Å². The summed E-state index contributed by atoms with van der Waals surface area (Å²) in [5.41, 5.74) is 1.19. The molecule has 0 radical (unpaired) electrons. The highest BCUT2D eigenvalue weighted by Gasteiger charge is 2.12. The first kappa shape index (κ1) is 12.5. The third-order valence-electron chi connectivity index (χ3n) is 2.70. The molecular formula is C13H18N2O3. The van der Waals surface area contributed by atoms with Crippen molar-refractivity contribution in [3.8, 4) is 11.5 Å². The predicted octanol–water partition coefficient (Wildman–Crippen LogP) is 1.67. The zero-order valence-corrected chi connectivity index (χ0v) is 10.5. The molecule has 0 unspecified atom stereocenters. The summed E-state index contributed by atoms with van der Waals surface area (Å²) in [6, 6.07) is 5.84. The van der Waals surface area contributed by atoms with E-state index in [1.165, 1.54) is 5.56 Å². The molecule has 0 bridgehead atoms. The molecule has 1 aliphatic rings. The van der Waals surface area contributed by atoms with Gasteiger partial charge in [-0.1, -0.05) is 6.07 Å². The Morgan fingerprint density at radius 2 is 2.11 bits per heavy atom. The quantitative estimate of drug-likeness (QED) is 0.781. The number of hydrogen-bond donors (Lipinski definition) is 2. The highest BCUT2D eigenvalue weighted by atomic mass is 16.7. The number of carbonyl (C=O) groups excluding carboxylic acids is 1. The number of urea groups is 1. The Bertz CT molecular complexity index is 421. The Kier molecular flexibility index (Phi) is 4.28. The number of amides is 2. The number of fused-ring (bicyclic) bond motifs is 1. The van der Waals surface area contributed by atoms with Gasteiger partial charge in [0.05, 0.1) is 0 Å². The van der Waals surface area contributed by atoms with Crippen LogP contribution in [0.2, 0.25) is 0 Å². The van der Waals surface area contributed by atoms with Crippen LogP contribution >= 0.6 is 0 Å². The van der Waals surface area contributed by atoms with E-state index in [4.69, 9.17) is 9.47 Å². The van der Waals surface area contributed by atoms with E-state index in [0.717, 1.165) is 24.3 Å². The molecular weight excluding hydrogens is 232 g/mol. The van der Waals surface area contributed by atoms with Gasteiger partial charge in [0.1, 0.15) is 0 Å². The second-order valence-electron chi connectivity index (χ2n) is 4.08. The molecule has 0 spiro atoms. The first-order valence-electron chi connectivity index (χ1n) is 6.20. The summed E-state index contributed by atoms with van der Waals surface area (Å²) >= 11 is 0. The third-order valence-corrected chi connectivity index (χ3v) is 2.70. The molecule has 1 aliphatic heterocycles. The maximum absolute atomic E-state index is 11.1. The van der Waals surface area contributed by atoms with Crippen LogP contribution in [0.3, 0.4) is 0 Å². The van der Waals surface area contributed by atoms with Crippen LogP contribution in [0.4, 0.5) is 4.79 Å². The van der Waals surface area contributed by atoms with E-state index in [1.54, 1.807) is 0 Å². The smallest absolute Gasteiger partial charge is 0.314 e. The standard InChI is InChI=1S/C13H18N2O3/c1-2-14-13(16)15-7-3-4-10-5-6-11-12(8-10)18-9-17-11/h5-6,8H,2-4,7,9H2,1H3,(H2,14,15,16). The largest absolute Gasteiger partial charge is 0.454 e. The van der Waals surface area contributed by atoms with E-state index in [9.17, 15) is 4.79 Å². The first-order chi connectivity index (χ1) is 8.79. The van der Waals surface area contributed by atoms with Crippen molar-refractivity contribution in [1.29, 1.82) is 0 Å². The normalized spacial score (nSPS) is 12.3. The van der Waals surface area contributed by atoms with Crippen molar-refractivity contribution in [2.45, 2.75) is 19.8 Å². The topological polar surface area (TPSA) is 59.6 Å². The summed E-state index contributed by atoms with van der Waals surface area (Å²) in [5, 5.41) is 5.49. The highest BCUT2D eigenvalue weighted by Crippen LogP contribution is 2.32. The molecule has 5 heteroatoms.